The summed E-state index contributed by atoms with van der Waals surface area (Å²) in [5.41, 5.74) is 1.78. The molecule has 1 aliphatic carbocycles. The second-order valence-corrected chi connectivity index (χ2v) is 7.31. The molecule has 1 saturated heterocycles. The van der Waals surface area contributed by atoms with E-state index in [9.17, 15) is 9.90 Å². The minimum Gasteiger partial charge on any atom is -0.393 e. The predicted molar refractivity (Wildman–Crippen MR) is 100 cm³/mol. The van der Waals surface area contributed by atoms with Crippen molar-refractivity contribution in [2.75, 3.05) is 18.5 Å². The minimum atomic E-state index is -0.216. The first-order chi connectivity index (χ1) is 12.7. The average molecular weight is 362 g/mol. The zero-order valence-corrected chi connectivity index (χ0v) is 15.3. The van der Waals surface area contributed by atoms with E-state index in [0.29, 0.717) is 13.2 Å². The second kappa shape index (κ2) is 9.90. The van der Waals surface area contributed by atoms with Gasteiger partial charge >= 0.3 is 6.03 Å². The van der Waals surface area contributed by atoms with Crippen LogP contribution < -0.4 is 10.6 Å². The van der Waals surface area contributed by atoms with Crippen LogP contribution in [0.4, 0.5) is 10.5 Å². The topological polar surface area (TPSA) is 79.8 Å². The van der Waals surface area contributed by atoms with E-state index < -0.39 is 0 Å². The third-order valence-corrected chi connectivity index (χ3v) is 5.06. The van der Waals surface area contributed by atoms with Crippen LogP contribution in [0.5, 0.6) is 0 Å². The lowest BCUT2D eigenvalue weighted by atomic mass is 9.93. The van der Waals surface area contributed by atoms with Crippen molar-refractivity contribution in [3.8, 4) is 0 Å². The lowest BCUT2D eigenvalue weighted by Gasteiger charge is -2.26. The lowest BCUT2D eigenvalue weighted by Crippen LogP contribution is -2.40. The minimum absolute atomic E-state index is 0.139. The Morgan fingerprint density at radius 2 is 2.04 bits per heavy atom. The molecular weight excluding hydrogens is 332 g/mol. The van der Waals surface area contributed by atoms with Crippen molar-refractivity contribution in [2.45, 2.75) is 69.8 Å². The normalized spacial score (nSPS) is 26.3. The van der Waals surface area contributed by atoms with Gasteiger partial charge in [-0.3, -0.25) is 0 Å². The molecule has 1 aromatic rings. The maximum atomic E-state index is 12.2. The van der Waals surface area contributed by atoms with Crippen molar-refractivity contribution in [1.82, 2.24) is 5.32 Å². The number of rotatable bonds is 6. The van der Waals surface area contributed by atoms with Crippen molar-refractivity contribution in [3.05, 3.63) is 29.8 Å². The Labute approximate surface area is 155 Å². The molecule has 0 spiro atoms. The number of hydrogen-bond acceptors (Lipinski definition) is 4. The number of urea groups is 1. The molecule has 1 aliphatic heterocycles. The summed E-state index contributed by atoms with van der Waals surface area (Å²) in [6, 6.07) is 7.67. The van der Waals surface area contributed by atoms with Gasteiger partial charge in [-0.25, -0.2) is 4.79 Å². The molecule has 2 aliphatic rings. The Kier molecular flexibility index (Phi) is 7.29. The fraction of sp³-hybridized carbons (Fsp3) is 0.650. The van der Waals surface area contributed by atoms with Crippen LogP contribution in [0.15, 0.2) is 24.3 Å². The average Bonchev–Trinajstić information content (AvgIpc) is 2.65. The molecular formula is C20H30N2O4. The monoisotopic (exact) mass is 362 g/mol. The lowest BCUT2D eigenvalue weighted by molar-refractivity contribution is -0.0447. The molecule has 0 unspecified atom stereocenters. The Balaban J connectivity index is 1.40. The van der Waals surface area contributed by atoms with E-state index in [1.165, 1.54) is 6.42 Å². The Morgan fingerprint density at radius 1 is 1.19 bits per heavy atom. The first kappa shape index (κ1) is 19.1. The van der Waals surface area contributed by atoms with Crippen LogP contribution in [0.3, 0.4) is 0 Å². The number of amides is 2. The van der Waals surface area contributed by atoms with Crippen LogP contribution in [0.25, 0.3) is 0 Å². The predicted octanol–water partition coefficient (Wildman–Crippen LogP) is 3.20. The van der Waals surface area contributed by atoms with Gasteiger partial charge in [-0.05, 0) is 62.6 Å². The Bertz CT molecular complexity index is 567. The summed E-state index contributed by atoms with van der Waals surface area (Å²) in [6.45, 7) is 1.96. The van der Waals surface area contributed by atoms with Crippen LogP contribution in [-0.4, -0.2) is 42.6 Å². The molecule has 0 bridgehead atoms. The van der Waals surface area contributed by atoms with E-state index in [1.807, 2.05) is 24.3 Å². The molecule has 1 aromatic carbocycles. The smallest absolute Gasteiger partial charge is 0.319 e. The SMILES string of the molecule is O=C(Nc1cccc(COC[C@H]2CCCCO2)c1)NC1CCC(O)CC1. The van der Waals surface area contributed by atoms with Crippen LogP contribution >= 0.6 is 0 Å². The van der Waals surface area contributed by atoms with Crippen LogP contribution in [0.2, 0.25) is 0 Å². The molecule has 1 heterocycles. The standard InChI is InChI=1S/C20H30N2O4/c23-18-9-7-16(8-10-18)21-20(24)22-17-5-3-4-15(12-17)13-25-14-19-6-1-2-11-26-19/h3-5,12,16,18-19,23H,1-2,6-11,13-14H2,(H2,21,22,24)/t16?,18?,19-/m1/s1. The summed E-state index contributed by atoms with van der Waals surface area (Å²) in [6.07, 6.45) is 6.58. The summed E-state index contributed by atoms with van der Waals surface area (Å²) in [5.74, 6) is 0. The van der Waals surface area contributed by atoms with Gasteiger partial charge < -0.3 is 25.2 Å². The number of aliphatic hydroxyl groups excluding tert-OH is 1. The van der Waals surface area contributed by atoms with Gasteiger partial charge in [0.25, 0.3) is 0 Å². The van der Waals surface area contributed by atoms with Gasteiger partial charge in [0.2, 0.25) is 0 Å². The van der Waals surface area contributed by atoms with E-state index in [-0.39, 0.29) is 24.3 Å². The van der Waals surface area contributed by atoms with Gasteiger partial charge in [0.15, 0.2) is 0 Å². The van der Waals surface area contributed by atoms with Gasteiger partial charge in [0.1, 0.15) is 0 Å². The van der Waals surface area contributed by atoms with Crippen LogP contribution in [-0.2, 0) is 16.1 Å². The first-order valence-corrected chi connectivity index (χ1v) is 9.73. The zero-order chi connectivity index (χ0) is 18.2. The largest absolute Gasteiger partial charge is 0.393 e. The number of aliphatic hydroxyl groups is 1. The van der Waals surface area contributed by atoms with Crippen molar-refractivity contribution in [2.24, 2.45) is 0 Å². The molecule has 1 saturated carbocycles. The molecule has 2 fully saturated rings. The molecule has 2 amide bonds. The van der Waals surface area contributed by atoms with Gasteiger partial charge in [-0.15, -0.1) is 0 Å². The number of nitrogens with one attached hydrogen (secondary N) is 2. The molecule has 3 N–H and O–H groups in total. The summed E-state index contributed by atoms with van der Waals surface area (Å²) < 4.78 is 11.4. The number of benzene rings is 1. The maximum Gasteiger partial charge on any atom is 0.319 e. The van der Waals surface area contributed by atoms with Gasteiger partial charge in [-0.2, -0.15) is 0 Å². The van der Waals surface area contributed by atoms with Crippen LogP contribution in [0.1, 0.15) is 50.5 Å². The maximum absolute atomic E-state index is 12.2. The van der Waals surface area contributed by atoms with E-state index in [1.54, 1.807) is 0 Å². The van der Waals surface area contributed by atoms with E-state index in [0.717, 1.165) is 56.4 Å². The highest BCUT2D eigenvalue weighted by atomic mass is 16.5. The summed E-state index contributed by atoms with van der Waals surface area (Å²) in [4.78, 5) is 12.2. The highest BCUT2D eigenvalue weighted by molar-refractivity contribution is 5.89. The zero-order valence-electron chi connectivity index (χ0n) is 15.3. The molecule has 0 radical (unpaired) electrons. The third-order valence-electron chi connectivity index (χ3n) is 5.06. The van der Waals surface area contributed by atoms with Crippen molar-refractivity contribution in [1.29, 1.82) is 0 Å². The Morgan fingerprint density at radius 3 is 2.81 bits per heavy atom. The fourth-order valence-electron chi connectivity index (χ4n) is 3.56. The fourth-order valence-corrected chi connectivity index (χ4v) is 3.56. The summed E-state index contributed by atoms with van der Waals surface area (Å²) >= 11 is 0. The molecule has 26 heavy (non-hydrogen) atoms. The molecule has 6 heteroatoms. The van der Waals surface area contributed by atoms with E-state index in [4.69, 9.17) is 9.47 Å². The third kappa shape index (κ3) is 6.27. The number of hydrogen-bond donors (Lipinski definition) is 3. The molecule has 3 rings (SSSR count). The van der Waals surface area contributed by atoms with Crippen molar-refractivity contribution < 1.29 is 19.4 Å². The number of anilines is 1. The van der Waals surface area contributed by atoms with Crippen molar-refractivity contribution in [3.63, 3.8) is 0 Å². The highest BCUT2D eigenvalue weighted by Gasteiger charge is 2.20. The number of ether oxygens (including phenoxy) is 2. The highest BCUT2D eigenvalue weighted by Crippen LogP contribution is 2.19. The first-order valence-electron chi connectivity index (χ1n) is 9.73. The van der Waals surface area contributed by atoms with E-state index in [2.05, 4.69) is 10.6 Å². The van der Waals surface area contributed by atoms with Gasteiger partial charge in [0.05, 0.1) is 25.4 Å². The quantitative estimate of drug-likeness (QED) is 0.726. The molecule has 0 aromatic heterocycles. The Hall–Kier alpha value is -1.63. The van der Waals surface area contributed by atoms with E-state index >= 15 is 0 Å². The van der Waals surface area contributed by atoms with Crippen molar-refractivity contribution >= 4 is 11.7 Å². The number of carbonyl (C=O) groups excluding carboxylic acids is 1. The summed E-state index contributed by atoms with van der Waals surface area (Å²) in [7, 11) is 0. The number of carbonyl (C=O) groups is 1. The molecule has 6 nitrogen and oxygen atoms in total. The van der Waals surface area contributed by atoms with Crippen LogP contribution in [0, 0.1) is 0 Å². The summed E-state index contributed by atoms with van der Waals surface area (Å²) in [5, 5.41) is 15.4. The molecule has 1 atom stereocenters. The van der Waals surface area contributed by atoms with Gasteiger partial charge in [-0.1, -0.05) is 12.1 Å². The second-order valence-electron chi connectivity index (χ2n) is 7.31. The molecule has 144 valence electrons. The van der Waals surface area contributed by atoms with Gasteiger partial charge in [0, 0.05) is 18.3 Å².